The Kier molecular flexibility index (Phi) is 3.23. The molecule has 1 aromatic carbocycles. The lowest BCUT2D eigenvalue weighted by molar-refractivity contribution is 0.242. The van der Waals surface area contributed by atoms with Crippen LogP contribution in [-0.2, 0) is 0 Å². The fourth-order valence-corrected chi connectivity index (χ4v) is 1.10. The fraction of sp³-hybridized carbons (Fsp3) is 0.400. The molecule has 0 unspecified atom stereocenters. The van der Waals surface area contributed by atoms with Crippen molar-refractivity contribution in [1.29, 1.82) is 0 Å². The highest BCUT2D eigenvalue weighted by Gasteiger charge is 2.01. The Balaban J connectivity index is 2.83. The zero-order valence-corrected chi connectivity index (χ0v) is 8.20. The average Bonchev–Trinajstić information content (AvgIpc) is 2.03. The largest absolute Gasteiger partial charge is 0.568 e. The first-order chi connectivity index (χ1) is 6.13. The van der Waals surface area contributed by atoms with Crippen molar-refractivity contribution in [1.82, 2.24) is 0 Å². The van der Waals surface area contributed by atoms with Gasteiger partial charge in [0.1, 0.15) is 11.5 Å². The molecule has 2 radical (unpaired) electrons. The maximum absolute atomic E-state index is 5.50. The minimum absolute atomic E-state index is 0.184. The average molecular weight is 176 g/mol. The Morgan fingerprint density at radius 3 is 2.46 bits per heavy atom. The number of rotatable bonds is 3. The van der Waals surface area contributed by atoms with Crippen molar-refractivity contribution in [3.8, 4) is 11.5 Å². The SMILES string of the molecule is [B]Oc1ccc(OC(C)C)cc1C. The predicted molar refractivity (Wildman–Crippen MR) is 53.3 cm³/mol. The quantitative estimate of drug-likeness (QED) is 0.657. The molecule has 0 N–H and O–H groups in total. The third kappa shape index (κ3) is 2.69. The molecule has 0 atom stereocenters. The van der Waals surface area contributed by atoms with Gasteiger partial charge in [0.15, 0.2) is 0 Å². The van der Waals surface area contributed by atoms with E-state index in [-0.39, 0.29) is 6.10 Å². The summed E-state index contributed by atoms with van der Waals surface area (Å²) in [6.45, 7) is 5.90. The molecule has 1 rings (SSSR count). The number of ether oxygens (including phenoxy) is 1. The van der Waals surface area contributed by atoms with Crippen molar-refractivity contribution in [2.75, 3.05) is 0 Å². The van der Waals surface area contributed by atoms with Gasteiger partial charge >= 0.3 is 8.05 Å². The topological polar surface area (TPSA) is 18.5 Å². The van der Waals surface area contributed by atoms with Gasteiger partial charge in [-0.05, 0) is 44.5 Å². The highest BCUT2D eigenvalue weighted by Crippen LogP contribution is 2.23. The third-order valence-electron chi connectivity index (χ3n) is 1.65. The lowest BCUT2D eigenvalue weighted by atomic mass is 10.2. The second-order valence-electron chi connectivity index (χ2n) is 3.21. The van der Waals surface area contributed by atoms with Gasteiger partial charge in [0.05, 0.1) is 6.10 Å². The van der Waals surface area contributed by atoms with Gasteiger partial charge in [-0.1, -0.05) is 0 Å². The van der Waals surface area contributed by atoms with E-state index in [2.05, 4.69) is 4.65 Å². The van der Waals surface area contributed by atoms with Crippen molar-refractivity contribution in [3.05, 3.63) is 23.8 Å². The Labute approximate surface area is 80.3 Å². The van der Waals surface area contributed by atoms with Crippen LogP contribution in [-0.4, -0.2) is 14.2 Å². The van der Waals surface area contributed by atoms with Gasteiger partial charge in [-0.25, -0.2) is 0 Å². The molecule has 0 heterocycles. The lowest BCUT2D eigenvalue weighted by Crippen LogP contribution is -2.05. The molecular weight excluding hydrogens is 163 g/mol. The van der Waals surface area contributed by atoms with E-state index in [9.17, 15) is 0 Å². The summed E-state index contributed by atoms with van der Waals surface area (Å²) >= 11 is 0. The van der Waals surface area contributed by atoms with Gasteiger partial charge in [-0.2, -0.15) is 0 Å². The van der Waals surface area contributed by atoms with Gasteiger partial charge in [0.2, 0.25) is 0 Å². The van der Waals surface area contributed by atoms with Gasteiger partial charge in [0.25, 0.3) is 0 Å². The normalized spacial score (nSPS) is 10.2. The van der Waals surface area contributed by atoms with Crippen molar-refractivity contribution < 1.29 is 9.39 Å². The lowest BCUT2D eigenvalue weighted by Gasteiger charge is -2.11. The molecule has 0 fully saturated rings. The van der Waals surface area contributed by atoms with E-state index >= 15 is 0 Å². The van der Waals surface area contributed by atoms with E-state index in [1.165, 1.54) is 0 Å². The first-order valence-electron chi connectivity index (χ1n) is 4.27. The predicted octanol–water partition coefficient (Wildman–Crippen LogP) is 2.24. The molecule has 0 aliphatic rings. The Hall–Kier alpha value is -1.12. The zero-order chi connectivity index (χ0) is 9.84. The number of hydrogen-bond acceptors (Lipinski definition) is 2. The maximum atomic E-state index is 5.50. The molecule has 0 saturated carbocycles. The molecule has 0 bridgehead atoms. The Morgan fingerprint density at radius 1 is 1.31 bits per heavy atom. The molecule has 3 heteroatoms. The summed E-state index contributed by atoms with van der Waals surface area (Å²) in [5, 5.41) is 0. The summed E-state index contributed by atoms with van der Waals surface area (Å²) in [6.07, 6.45) is 0.184. The minimum Gasteiger partial charge on any atom is -0.568 e. The van der Waals surface area contributed by atoms with E-state index in [0.29, 0.717) is 5.75 Å². The van der Waals surface area contributed by atoms with E-state index in [0.717, 1.165) is 11.3 Å². The van der Waals surface area contributed by atoms with Crippen LogP contribution in [0.25, 0.3) is 0 Å². The standard InChI is InChI=1S/C10H13BO2/c1-7(2)12-9-4-5-10(13-11)8(3)6-9/h4-7H,1-3H3. The molecule has 68 valence electrons. The van der Waals surface area contributed by atoms with Crippen molar-refractivity contribution in [2.24, 2.45) is 0 Å². The van der Waals surface area contributed by atoms with Crippen molar-refractivity contribution in [2.45, 2.75) is 26.9 Å². The van der Waals surface area contributed by atoms with Crippen molar-refractivity contribution in [3.63, 3.8) is 0 Å². The molecule has 0 aliphatic heterocycles. The molecule has 1 aromatic rings. The molecule has 0 aliphatic carbocycles. The first-order valence-corrected chi connectivity index (χ1v) is 4.27. The highest BCUT2D eigenvalue weighted by molar-refractivity contribution is 6.00. The molecule has 13 heavy (non-hydrogen) atoms. The molecule has 0 aromatic heterocycles. The minimum atomic E-state index is 0.184. The maximum Gasteiger partial charge on any atom is 0.374 e. The molecule has 0 amide bonds. The van der Waals surface area contributed by atoms with Crippen LogP contribution in [0.4, 0.5) is 0 Å². The first kappa shape index (κ1) is 9.97. The van der Waals surface area contributed by atoms with Crippen LogP contribution >= 0.6 is 0 Å². The summed E-state index contributed by atoms with van der Waals surface area (Å²) in [7, 11) is 5.06. The molecule has 0 spiro atoms. The Morgan fingerprint density at radius 2 is 2.00 bits per heavy atom. The van der Waals surface area contributed by atoms with Crippen LogP contribution in [0.5, 0.6) is 11.5 Å². The molecular formula is C10H13BO2. The summed E-state index contributed by atoms with van der Waals surface area (Å²) in [6, 6.07) is 5.55. The Bertz CT molecular complexity index is 284. The van der Waals surface area contributed by atoms with Gasteiger partial charge < -0.3 is 9.39 Å². The van der Waals surface area contributed by atoms with Crippen LogP contribution in [0.1, 0.15) is 19.4 Å². The molecule has 2 nitrogen and oxygen atoms in total. The number of benzene rings is 1. The van der Waals surface area contributed by atoms with Crippen LogP contribution in [0, 0.1) is 6.92 Å². The van der Waals surface area contributed by atoms with E-state index in [4.69, 9.17) is 12.8 Å². The molecule has 0 saturated heterocycles. The monoisotopic (exact) mass is 176 g/mol. The van der Waals surface area contributed by atoms with Crippen LogP contribution in [0.2, 0.25) is 0 Å². The smallest absolute Gasteiger partial charge is 0.374 e. The van der Waals surface area contributed by atoms with E-state index in [1.807, 2.05) is 32.9 Å². The van der Waals surface area contributed by atoms with Crippen LogP contribution in [0.15, 0.2) is 18.2 Å². The second kappa shape index (κ2) is 4.22. The summed E-state index contributed by atoms with van der Waals surface area (Å²) < 4.78 is 10.1. The van der Waals surface area contributed by atoms with Crippen LogP contribution in [0.3, 0.4) is 0 Å². The number of aryl methyl sites for hydroxylation is 1. The summed E-state index contributed by atoms with van der Waals surface area (Å²) in [4.78, 5) is 0. The second-order valence-corrected chi connectivity index (χ2v) is 3.21. The zero-order valence-electron chi connectivity index (χ0n) is 8.20. The number of hydrogen-bond donors (Lipinski definition) is 0. The highest BCUT2D eigenvalue weighted by atomic mass is 16.5. The van der Waals surface area contributed by atoms with E-state index in [1.54, 1.807) is 6.07 Å². The third-order valence-corrected chi connectivity index (χ3v) is 1.65. The fourth-order valence-electron chi connectivity index (χ4n) is 1.10. The van der Waals surface area contributed by atoms with Gasteiger partial charge in [-0.3, -0.25) is 0 Å². The summed E-state index contributed by atoms with van der Waals surface area (Å²) in [5.41, 5.74) is 0.973. The summed E-state index contributed by atoms with van der Waals surface area (Å²) in [5.74, 6) is 1.52. The van der Waals surface area contributed by atoms with Gasteiger partial charge in [0, 0.05) is 0 Å². The van der Waals surface area contributed by atoms with Crippen molar-refractivity contribution >= 4 is 8.05 Å². The van der Waals surface area contributed by atoms with E-state index < -0.39 is 0 Å². The van der Waals surface area contributed by atoms with Gasteiger partial charge in [-0.15, -0.1) is 0 Å². The van der Waals surface area contributed by atoms with Crippen LogP contribution < -0.4 is 9.39 Å².